The maximum atomic E-state index is 11.8. The van der Waals surface area contributed by atoms with Crippen molar-refractivity contribution < 1.29 is 4.74 Å². The van der Waals surface area contributed by atoms with Crippen LogP contribution in [0.25, 0.3) is 0 Å². The predicted molar refractivity (Wildman–Crippen MR) is 72.1 cm³/mol. The number of aryl methyl sites for hydroxylation is 1. The molecule has 0 saturated heterocycles. The molecular formula is C13H23N3O2. The van der Waals surface area contributed by atoms with E-state index in [-0.39, 0.29) is 5.56 Å². The van der Waals surface area contributed by atoms with Gasteiger partial charge in [-0.15, -0.1) is 0 Å². The topological polar surface area (TPSA) is 56.1 Å². The van der Waals surface area contributed by atoms with Gasteiger partial charge in [-0.25, -0.2) is 4.98 Å². The summed E-state index contributed by atoms with van der Waals surface area (Å²) in [4.78, 5) is 16.0. The predicted octanol–water partition coefficient (Wildman–Crippen LogP) is 1.19. The van der Waals surface area contributed by atoms with Gasteiger partial charge in [-0.2, -0.15) is 0 Å². The number of hydrogen-bond acceptors (Lipinski definition) is 4. The van der Waals surface area contributed by atoms with Crippen molar-refractivity contribution in [1.82, 2.24) is 14.9 Å². The van der Waals surface area contributed by atoms with Crippen molar-refractivity contribution in [2.45, 2.75) is 40.3 Å². The molecule has 0 aliphatic heterocycles. The first-order chi connectivity index (χ1) is 8.45. The van der Waals surface area contributed by atoms with Gasteiger partial charge in [0.1, 0.15) is 0 Å². The lowest BCUT2D eigenvalue weighted by molar-refractivity contribution is 0.336. The highest BCUT2D eigenvalue weighted by Gasteiger charge is 2.09. The Morgan fingerprint density at radius 1 is 1.44 bits per heavy atom. The Kier molecular flexibility index (Phi) is 5.34. The minimum absolute atomic E-state index is 0.0710. The summed E-state index contributed by atoms with van der Waals surface area (Å²) in [5.41, 5.74) is 0.606. The number of ether oxygens (including phenoxy) is 1. The average Bonchev–Trinajstić information content (AvgIpc) is 2.30. The molecule has 1 aromatic heterocycles. The lowest BCUT2D eigenvalue weighted by atomic mass is 10.1. The van der Waals surface area contributed by atoms with Gasteiger partial charge in [-0.3, -0.25) is 9.36 Å². The van der Waals surface area contributed by atoms with E-state index in [1.54, 1.807) is 11.5 Å². The Bertz CT molecular complexity index is 440. The quantitative estimate of drug-likeness (QED) is 0.827. The molecule has 0 aromatic carbocycles. The first-order valence-corrected chi connectivity index (χ1v) is 6.31. The molecule has 1 unspecified atom stereocenters. The zero-order valence-corrected chi connectivity index (χ0v) is 11.9. The number of methoxy groups -OCH3 is 1. The van der Waals surface area contributed by atoms with Crippen LogP contribution < -0.4 is 15.6 Å². The van der Waals surface area contributed by atoms with Gasteiger partial charge < -0.3 is 10.1 Å². The summed E-state index contributed by atoms with van der Waals surface area (Å²) in [7, 11) is 1.53. The molecule has 1 atom stereocenters. The number of nitrogens with one attached hydrogen (secondary N) is 1. The fourth-order valence-electron chi connectivity index (χ4n) is 1.60. The molecule has 5 heteroatoms. The number of hydrogen-bond donors (Lipinski definition) is 1. The maximum Gasteiger partial charge on any atom is 0.299 e. The molecule has 1 rings (SSSR count). The van der Waals surface area contributed by atoms with E-state index >= 15 is 0 Å². The van der Waals surface area contributed by atoms with Gasteiger partial charge in [-0.05, 0) is 19.8 Å². The minimum Gasteiger partial charge on any atom is -0.468 e. The second-order valence-corrected chi connectivity index (χ2v) is 4.86. The van der Waals surface area contributed by atoms with E-state index in [9.17, 15) is 4.79 Å². The molecular weight excluding hydrogens is 230 g/mol. The Morgan fingerprint density at radius 3 is 2.67 bits per heavy atom. The summed E-state index contributed by atoms with van der Waals surface area (Å²) in [6.45, 7) is 9.54. The van der Waals surface area contributed by atoms with Crippen molar-refractivity contribution in [1.29, 1.82) is 0 Å². The summed E-state index contributed by atoms with van der Waals surface area (Å²) < 4.78 is 6.68. The molecule has 102 valence electrons. The molecule has 0 bridgehead atoms. The first kappa shape index (κ1) is 14.7. The van der Waals surface area contributed by atoms with Crippen molar-refractivity contribution >= 4 is 0 Å². The lowest BCUT2D eigenvalue weighted by Crippen LogP contribution is -2.35. The third kappa shape index (κ3) is 3.84. The third-order valence-corrected chi connectivity index (χ3v) is 3.09. The lowest BCUT2D eigenvalue weighted by Gasteiger charge is -2.18. The fourth-order valence-corrected chi connectivity index (χ4v) is 1.60. The normalized spacial score (nSPS) is 12.8. The van der Waals surface area contributed by atoms with Crippen molar-refractivity contribution in [2.75, 3.05) is 13.7 Å². The maximum absolute atomic E-state index is 11.8. The van der Waals surface area contributed by atoms with Crippen molar-refractivity contribution in [3.63, 3.8) is 0 Å². The minimum atomic E-state index is -0.0710. The van der Waals surface area contributed by atoms with Crippen LogP contribution in [0.4, 0.5) is 0 Å². The van der Waals surface area contributed by atoms with E-state index in [2.05, 4.69) is 31.1 Å². The smallest absolute Gasteiger partial charge is 0.299 e. The van der Waals surface area contributed by atoms with Gasteiger partial charge in [0, 0.05) is 30.9 Å². The summed E-state index contributed by atoms with van der Waals surface area (Å²) >= 11 is 0. The summed E-state index contributed by atoms with van der Waals surface area (Å²) in [6.07, 6.45) is 0. The highest BCUT2D eigenvalue weighted by molar-refractivity contribution is 5.06. The Balaban J connectivity index is 2.70. The molecule has 18 heavy (non-hydrogen) atoms. The number of rotatable bonds is 6. The van der Waals surface area contributed by atoms with Crippen LogP contribution in [-0.4, -0.2) is 29.2 Å². The Labute approximate surface area is 108 Å². The molecule has 0 aliphatic carbocycles. The number of aromatic nitrogens is 2. The standard InChI is InChI=1S/C13H23N3O2/c1-9(2)11(4)14-6-7-16-12(17)8-10(3)15-13(16)18-5/h8-9,11,14H,6-7H2,1-5H3. The first-order valence-electron chi connectivity index (χ1n) is 6.31. The summed E-state index contributed by atoms with van der Waals surface area (Å²) in [5.74, 6) is 0.569. The molecule has 0 amide bonds. The van der Waals surface area contributed by atoms with E-state index in [1.165, 1.54) is 13.2 Å². The van der Waals surface area contributed by atoms with Crippen LogP contribution in [0, 0.1) is 12.8 Å². The molecule has 0 fully saturated rings. The van der Waals surface area contributed by atoms with Crippen molar-refractivity contribution in [2.24, 2.45) is 5.92 Å². The highest BCUT2D eigenvalue weighted by Crippen LogP contribution is 2.04. The fraction of sp³-hybridized carbons (Fsp3) is 0.692. The monoisotopic (exact) mass is 253 g/mol. The zero-order valence-electron chi connectivity index (χ0n) is 11.9. The summed E-state index contributed by atoms with van der Waals surface area (Å²) in [5, 5.41) is 3.38. The second-order valence-electron chi connectivity index (χ2n) is 4.86. The van der Waals surface area contributed by atoms with Crippen LogP contribution in [0.3, 0.4) is 0 Å². The highest BCUT2D eigenvalue weighted by atomic mass is 16.5. The average molecular weight is 253 g/mol. The Morgan fingerprint density at radius 2 is 2.11 bits per heavy atom. The van der Waals surface area contributed by atoms with Crippen LogP contribution in [-0.2, 0) is 6.54 Å². The van der Waals surface area contributed by atoms with Crippen LogP contribution in [0.2, 0.25) is 0 Å². The molecule has 1 N–H and O–H groups in total. The van der Waals surface area contributed by atoms with Gasteiger partial charge in [0.05, 0.1) is 7.11 Å². The van der Waals surface area contributed by atoms with Crippen LogP contribution in [0.15, 0.2) is 10.9 Å². The van der Waals surface area contributed by atoms with Gasteiger partial charge in [0.25, 0.3) is 11.6 Å². The number of nitrogens with zero attached hydrogens (tertiary/aromatic N) is 2. The molecule has 0 aliphatic rings. The van der Waals surface area contributed by atoms with E-state index < -0.39 is 0 Å². The summed E-state index contributed by atoms with van der Waals surface area (Å²) in [6, 6.07) is 2.32. The Hall–Kier alpha value is -1.36. The van der Waals surface area contributed by atoms with E-state index in [1.807, 2.05) is 0 Å². The van der Waals surface area contributed by atoms with Gasteiger partial charge in [0.2, 0.25) is 0 Å². The van der Waals surface area contributed by atoms with Gasteiger partial charge in [-0.1, -0.05) is 13.8 Å². The molecule has 0 radical (unpaired) electrons. The van der Waals surface area contributed by atoms with Crippen LogP contribution >= 0.6 is 0 Å². The molecule has 0 spiro atoms. The molecule has 1 aromatic rings. The molecule has 0 saturated carbocycles. The van der Waals surface area contributed by atoms with Crippen molar-refractivity contribution in [3.8, 4) is 6.01 Å². The zero-order chi connectivity index (χ0) is 13.7. The van der Waals surface area contributed by atoms with Crippen LogP contribution in [0.5, 0.6) is 6.01 Å². The largest absolute Gasteiger partial charge is 0.468 e. The van der Waals surface area contributed by atoms with E-state index in [0.717, 1.165) is 6.54 Å². The van der Waals surface area contributed by atoms with Gasteiger partial charge >= 0.3 is 0 Å². The van der Waals surface area contributed by atoms with Crippen LogP contribution in [0.1, 0.15) is 26.5 Å². The SMILES string of the molecule is COc1nc(C)cc(=O)n1CCNC(C)C(C)C. The van der Waals surface area contributed by atoms with Crippen molar-refractivity contribution in [3.05, 3.63) is 22.1 Å². The molecule has 1 heterocycles. The van der Waals surface area contributed by atoms with E-state index in [4.69, 9.17) is 4.74 Å². The van der Waals surface area contributed by atoms with Gasteiger partial charge in [0.15, 0.2) is 0 Å². The van der Waals surface area contributed by atoms with E-state index in [0.29, 0.717) is 30.2 Å². The molecule has 5 nitrogen and oxygen atoms in total. The second kappa shape index (κ2) is 6.54. The third-order valence-electron chi connectivity index (χ3n) is 3.09.